The number of nitrogens with zero attached hydrogens (tertiary/aromatic N) is 2. The van der Waals surface area contributed by atoms with Crippen molar-refractivity contribution in [3.8, 4) is 5.75 Å². The Balaban J connectivity index is 1.45. The van der Waals surface area contributed by atoms with E-state index in [-0.39, 0.29) is 40.1 Å². The van der Waals surface area contributed by atoms with E-state index < -0.39 is 19.9 Å². The van der Waals surface area contributed by atoms with Crippen LogP contribution in [0.15, 0.2) is 23.1 Å². The third-order valence-corrected chi connectivity index (χ3v) is 9.22. The Morgan fingerprint density at radius 3 is 2.40 bits per heavy atom. The molecule has 166 valence electrons. The van der Waals surface area contributed by atoms with Crippen molar-refractivity contribution in [2.45, 2.75) is 36.2 Å². The molecule has 2 saturated heterocycles. The summed E-state index contributed by atoms with van der Waals surface area (Å²) in [5, 5.41) is 0. The number of sulfone groups is 1. The third kappa shape index (κ3) is 4.63. The Morgan fingerprint density at radius 1 is 1.13 bits per heavy atom. The number of carbonyl (C=O) groups is 1. The van der Waals surface area contributed by atoms with Gasteiger partial charge in [-0.1, -0.05) is 0 Å². The number of rotatable bonds is 6. The molecule has 1 N–H and O–H groups in total. The van der Waals surface area contributed by atoms with Gasteiger partial charge in [0.1, 0.15) is 10.6 Å². The Hall–Kier alpha value is -1.69. The molecule has 2 aliphatic heterocycles. The van der Waals surface area contributed by atoms with Crippen molar-refractivity contribution in [3.05, 3.63) is 23.8 Å². The number of piperazine rings is 1. The van der Waals surface area contributed by atoms with E-state index >= 15 is 0 Å². The number of ether oxygens (including phenoxy) is 1. The molecule has 1 aromatic rings. The lowest BCUT2D eigenvalue weighted by Crippen LogP contribution is -2.52. The summed E-state index contributed by atoms with van der Waals surface area (Å²) in [6.07, 6.45) is 2.27. The summed E-state index contributed by atoms with van der Waals surface area (Å²) in [6.45, 7) is 2.17. The Morgan fingerprint density at radius 2 is 1.83 bits per heavy atom. The van der Waals surface area contributed by atoms with Crippen LogP contribution in [0.4, 0.5) is 0 Å². The lowest BCUT2D eigenvalue weighted by atomic mass is 10.1. The number of sulfonamides is 1. The molecule has 0 aromatic heterocycles. The van der Waals surface area contributed by atoms with Gasteiger partial charge in [-0.3, -0.25) is 9.69 Å². The van der Waals surface area contributed by atoms with Gasteiger partial charge in [0.25, 0.3) is 5.91 Å². The monoisotopic (exact) mass is 457 g/mol. The molecule has 30 heavy (non-hydrogen) atoms. The van der Waals surface area contributed by atoms with Gasteiger partial charge in [0.05, 0.1) is 18.6 Å². The van der Waals surface area contributed by atoms with Gasteiger partial charge in [-0.15, -0.1) is 0 Å². The first kappa shape index (κ1) is 21.5. The van der Waals surface area contributed by atoms with Crippen LogP contribution in [0.5, 0.6) is 5.75 Å². The average Bonchev–Trinajstić information content (AvgIpc) is 3.45. The molecule has 1 atom stereocenters. The summed E-state index contributed by atoms with van der Waals surface area (Å²) in [5.41, 5.74) is 0.295. The van der Waals surface area contributed by atoms with Crippen LogP contribution in [0.1, 0.15) is 29.6 Å². The molecule has 3 aliphatic rings. The minimum Gasteiger partial charge on any atom is -0.495 e. The number of methoxy groups -OCH3 is 1. The predicted octanol–water partition coefficient (Wildman–Crippen LogP) is 0.0808. The molecule has 1 aliphatic carbocycles. The molecular weight excluding hydrogens is 430 g/mol. The molecule has 1 amide bonds. The van der Waals surface area contributed by atoms with Gasteiger partial charge in [0, 0.05) is 43.8 Å². The van der Waals surface area contributed by atoms with Crippen molar-refractivity contribution in [1.29, 1.82) is 0 Å². The van der Waals surface area contributed by atoms with Gasteiger partial charge in [0.15, 0.2) is 9.84 Å². The minimum atomic E-state index is -3.77. The molecule has 4 rings (SSSR count). The second-order valence-electron chi connectivity index (χ2n) is 8.15. The van der Waals surface area contributed by atoms with Crippen LogP contribution in [0.25, 0.3) is 0 Å². The van der Waals surface area contributed by atoms with Gasteiger partial charge in [-0.2, -0.15) is 0 Å². The van der Waals surface area contributed by atoms with Crippen molar-refractivity contribution >= 4 is 25.8 Å². The summed E-state index contributed by atoms with van der Waals surface area (Å²) in [4.78, 5) is 16.8. The number of hydrogen-bond donors (Lipinski definition) is 1. The van der Waals surface area contributed by atoms with Gasteiger partial charge in [0.2, 0.25) is 10.0 Å². The SMILES string of the molecule is COc1ccc(C(=O)N2CCN(C3CCS(=O)(=O)C3)CC2)cc1S(=O)(=O)NC1CC1. The number of carbonyl (C=O) groups excluding carboxylic acids is 1. The molecule has 11 heteroatoms. The molecule has 1 unspecified atom stereocenters. The average molecular weight is 458 g/mol. The lowest BCUT2D eigenvalue weighted by Gasteiger charge is -2.37. The summed E-state index contributed by atoms with van der Waals surface area (Å²) in [5.74, 6) is 0.384. The lowest BCUT2D eigenvalue weighted by molar-refractivity contribution is 0.0587. The van der Waals surface area contributed by atoms with Crippen LogP contribution < -0.4 is 9.46 Å². The minimum absolute atomic E-state index is 0.0264. The first-order valence-electron chi connectivity index (χ1n) is 10.1. The number of amides is 1. The maximum absolute atomic E-state index is 13.0. The van der Waals surface area contributed by atoms with Gasteiger partial charge in [-0.25, -0.2) is 21.6 Å². The Bertz CT molecular complexity index is 1030. The summed E-state index contributed by atoms with van der Waals surface area (Å²) in [7, 11) is -5.31. The Labute approximate surface area is 177 Å². The fourth-order valence-electron chi connectivity index (χ4n) is 4.04. The maximum Gasteiger partial charge on any atom is 0.253 e. The normalized spacial score (nSPS) is 24.7. The van der Waals surface area contributed by atoms with Crippen molar-refractivity contribution in [1.82, 2.24) is 14.5 Å². The predicted molar refractivity (Wildman–Crippen MR) is 111 cm³/mol. The number of hydrogen-bond acceptors (Lipinski definition) is 7. The second kappa shape index (κ2) is 8.10. The quantitative estimate of drug-likeness (QED) is 0.644. The molecular formula is C19H27N3O6S2. The maximum atomic E-state index is 13.0. The van der Waals surface area contributed by atoms with E-state index in [1.165, 1.54) is 19.2 Å². The van der Waals surface area contributed by atoms with Gasteiger partial charge < -0.3 is 9.64 Å². The van der Waals surface area contributed by atoms with Crippen LogP contribution in [0.2, 0.25) is 0 Å². The molecule has 2 heterocycles. The third-order valence-electron chi connectivity index (χ3n) is 5.93. The van der Waals surface area contributed by atoms with E-state index in [4.69, 9.17) is 4.74 Å². The highest BCUT2D eigenvalue weighted by Crippen LogP contribution is 2.29. The largest absolute Gasteiger partial charge is 0.495 e. The highest BCUT2D eigenvalue weighted by molar-refractivity contribution is 7.91. The van der Waals surface area contributed by atoms with E-state index in [0.717, 1.165) is 12.8 Å². The zero-order valence-electron chi connectivity index (χ0n) is 16.9. The van der Waals surface area contributed by atoms with Gasteiger partial charge in [-0.05, 0) is 37.5 Å². The second-order valence-corrected chi connectivity index (χ2v) is 12.1. The van der Waals surface area contributed by atoms with Crippen molar-refractivity contribution in [2.24, 2.45) is 0 Å². The number of benzene rings is 1. The Kier molecular flexibility index (Phi) is 5.82. The highest BCUT2D eigenvalue weighted by atomic mass is 32.2. The van der Waals surface area contributed by atoms with Crippen molar-refractivity contribution in [2.75, 3.05) is 44.8 Å². The molecule has 9 nitrogen and oxygen atoms in total. The van der Waals surface area contributed by atoms with Crippen LogP contribution >= 0.6 is 0 Å². The van der Waals surface area contributed by atoms with Gasteiger partial charge >= 0.3 is 0 Å². The molecule has 3 fully saturated rings. The van der Waals surface area contributed by atoms with Crippen molar-refractivity contribution < 1.29 is 26.4 Å². The topological polar surface area (TPSA) is 113 Å². The smallest absolute Gasteiger partial charge is 0.253 e. The zero-order valence-corrected chi connectivity index (χ0v) is 18.5. The molecule has 0 radical (unpaired) electrons. The van der Waals surface area contributed by atoms with Crippen LogP contribution in [0, 0.1) is 0 Å². The zero-order chi connectivity index (χ0) is 21.5. The fraction of sp³-hybridized carbons (Fsp3) is 0.632. The van der Waals surface area contributed by atoms with Crippen LogP contribution in [0.3, 0.4) is 0 Å². The first-order valence-corrected chi connectivity index (χ1v) is 13.4. The first-order chi connectivity index (χ1) is 14.2. The van der Waals surface area contributed by atoms with E-state index in [9.17, 15) is 21.6 Å². The molecule has 1 aromatic carbocycles. The van der Waals surface area contributed by atoms with Crippen molar-refractivity contribution in [3.63, 3.8) is 0 Å². The highest BCUT2D eigenvalue weighted by Gasteiger charge is 2.35. The van der Waals surface area contributed by atoms with Crippen LogP contribution in [-0.2, 0) is 19.9 Å². The van der Waals surface area contributed by atoms with E-state index in [1.807, 2.05) is 0 Å². The number of nitrogens with one attached hydrogen (secondary N) is 1. The molecule has 0 spiro atoms. The summed E-state index contributed by atoms with van der Waals surface area (Å²) in [6, 6.07) is 4.44. The molecule has 0 bridgehead atoms. The standard InChI is InChI=1S/C19H27N3O6S2/c1-28-17-5-2-14(12-18(17)30(26,27)20-15-3-4-15)19(23)22-9-7-21(8-10-22)16-6-11-29(24,25)13-16/h2,5,12,15-16,20H,3-4,6-11,13H2,1H3. The summed E-state index contributed by atoms with van der Waals surface area (Å²) >= 11 is 0. The molecule has 1 saturated carbocycles. The van der Waals surface area contributed by atoms with E-state index in [1.54, 1.807) is 11.0 Å². The summed E-state index contributed by atoms with van der Waals surface area (Å²) < 4.78 is 56.6. The van der Waals surface area contributed by atoms with E-state index in [0.29, 0.717) is 38.2 Å². The fourth-order valence-corrected chi connectivity index (χ4v) is 7.30. The van der Waals surface area contributed by atoms with Crippen LogP contribution in [-0.4, -0.2) is 89.4 Å². The van der Waals surface area contributed by atoms with E-state index in [2.05, 4.69) is 9.62 Å².